The molecule has 2 heterocycles. The summed E-state index contributed by atoms with van der Waals surface area (Å²) in [6.07, 6.45) is 1.41. The minimum absolute atomic E-state index is 0.179. The Hall–Kier alpha value is -2.25. The van der Waals surface area contributed by atoms with Crippen molar-refractivity contribution in [2.45, 2.75) is 32.3 Å². The molecule has 2 N–H and O–H groups in total. The second-order valence-electron chi connectivity index (χ2n) is 6.94. The van der Waals surface area contributed by atoms with Crippen molar-refractivity contribution in [2.24, 2.45) is 4.99 Å². The number of carbonyl (C=O) groups is 1. The van der Waals surface area contributed by atoms with Gasteiger partial charge in [-0.1, -0.05) is 12.1 Å². The molecule has 0 spiro atoms. The lowest BCUT2D eigenvalue weighted by Crippen LogP contribution is -2.46. The number of aliphatic hydroxyl groups is 1. The third-order valence-corrected chi connectivity index (χ3v) is 5.07. The van der Waals surface area contributed by atoms with E-state index in [9.17, 15) is 14.3 Å². The Balaban J connectivity index is 1.84. The van der Waals surface area contributed by atoms with Crippen LogP contribution in [0.25, 0.3) is 0 Å². The first-order valence-electron chi connectivity index (χ1n) is 9.27. The van der Waals surface area contributed by atoms with Crippen LogP contribution in [0.5, 0.6) is 0 Å². The molecule has 7 heteroatoms. The number of likely N-dealkylation sites (tertiary alicyclic amines) is 1. The van der Waals surface area contributed by atoms with E-state index in [0.717, 1.165) is 11.3 Å². The molecule has 0 aromatic heterocycles. The van der Waals surface area contributed by atoms with Gasteiger partial charge < -0.3 is 20.1 Å². The van der Waals surface area contributed by atoms with Crippen molar-refractivity contribution >= 4 is 11.7 Å². The largest absolute Gasteiger partial charge is 0.393 e. The number of hydrogen-bond donors (Lipinski definition) is 2. The average molecular weight is 375 g/mol. The Morgan fingerprint density at radius 1 is 1.37 bits per heavy atom. The lowest BCUT2D eigenvalue weighted by atomic mass is 9.97. The van der Waals surface area contributed by atoms with Crippen LogP contribution in [0.15, 0.2) is 34.5 Å². The summed E-state index contributed by atoms with van der Waals surface area (Å²) in [5.41, 5.74) is 3.40. The number of nitrogens with zero attached hydrogens (tertiary/aromatic N) is 2. The van der Waals surface area contributed by atoms with Crippen LogP contribution in [0.1, 0.15) is 30.4 Å². The van der Waals surface area contributed by atoms with Crippen molar-refractivity contribution in [1.82, 2.24) is 10.2 Å². The molecule has 1 aromatic rings. The molecule has 1 aromatic carbocycles. The van der Waals surface area contributed by atoms with Crippen LogP contribution in [-0.4, -0.2) is 61.2 Å². The summed E-state index contributed by atoms with van der Waals surface area (Å²) < 4.78 is 19.6. The fraction of sp³-hybridized carbons (Fsp3) is 0.500. The maximum atomic E-state index is 14.0. The number of benzene rings is 1. The van der Waals surface area contributed by atoms with Crippen LogP contribution < -0.4 is 5.32 Å². The van der Waals surface area contributed by atoms with Crippen molar-refractivity contribution < 1.29 is 19.0 Å². The van der Waals surface area contributed by atoms with Gasteiger partial charge in [0.15, 0.2) is 0 Å². The number of aliphatic hydroxyl groups excluding tert-OH is 1. The molecular formula is C20H26FN3O3. The summed E-state index contributed by atoms with van der Waals surface area (Å²) in [7, 11) is 1.65. The molecule has 6 nitrogen and oxygen atoms in total. The van der Waals surface area contributed by atoms with Crippen molar-refractivity contribution in [2.75, 3.05) is 33.4 Å². The van der Waals surface area contributed by atoms with Crippen LogP contribution in [0.4, 0.5) is 9.18 Å². The smallest absolute Gasteiger partial charge is 0.321 e. The first kappa shape index (κ1) is 19.5. The number of urea groups is 1. The minimum Gasteiger partial charge on any atom is -0.393 e. The van der Waals surface area contributed by atoms with Gasteiger partial charge in [0.05, 0.1) is 25.0 Å². The van der Waals surface area contributed by atoms with Gasteiger partial charge in [0.2, 0.25) is 0 Å². The zero-order chi connectivity index (χ0) is 19.4. The highest BCUT2D eigenvalue weighted by atomic mass is 19.1. The minimum atomic E-state index is -0.331. The zero-order valence-electron chi connectivity index (χ0n) is 15.8. The van der Waals surface area contributed by atoms with Crippen molar-refractivity contribution in [3.05, 3.63) is 46.4 Å². The highest BCUT2D eigenvalue weighted by molar-refractivity contribution is 6.13. The SMILES string of the molecule is C/N=C(\C1=C(NC(=O)N2CCC(O)CC2)CCOC1)c1ccc(C)c(F)c1. The van der Waals surface area contributed by atoms with E-state index in [2.05, 4.69) is 10.3 Å². The van der Waals surface area contributed by atoms with Crippen molar-refractivity contribution in [1.29, 1.82) is 0 Å². The third-order valence-electron chi connectivity index (χ3n) is 5.07. The molecule has 1 fully saturated rings. The van der Waals surface area contributed by atoms with E-state index in [1.807, 2.05) is 6.07 Å². The lowest BCUT2D eigenvalue weighted by molar-refractivity contribution is 0.0937. The molecule has 2 aliphatic rings. The number of nitrogens with one attached hydrogen (secondary N) is 1. The van der Waals surface area contributed by atoms with Crippen LogP contribution in [0.3, 0.4) is 0 Å². The van der Waals surface area contributed by atoms with Crippen LogP contribution in [-0.2, 0) is 4.74 Å². The standard InChI is InChI=1S/C20H26FN3O3/c1-13-3-4-14(11-17(13)21)19(22-2)16-12-27-10-7-18(16)23-20(26)24-8-5-15(25)6-9-24/h3-4,11,15,25H,5-10,12H2,1-2H3,(H,23,26)/b22-19-. The molecule has 0 aliphatic carbocycles. The summed E-state index contributed by atoms with van der Waals surface area (Å²) in [5, 5.41) is 12.6. The number of amides is 2. The molecule has 27 heavy (non-hydrogen) atoms. The number of aliphatic imine (C=N–C) groups is 1. The van der Waals surface area contributed by atoms with Gasteiger partial charge in [-0.15, -0.1) is 0 Å². The number of piperidine rings is 1. The van der Waals surface area contributed by atoms with Crippen LogP contribution >= 0.6 is 0 Å². The Labute approximate surface area is 158 Å². The monoisotopic (exact) mass is 375 g/mol. The maximum Gasteiger partial charge on any atom is 0.321 e. The molecule has 3 rings (SSSR count). The highest BCUT2D eigenvalue weighted by Gasteiger charge is 2.25. The number of rotatable bonds is 3. The summed E-state index contributed by atoms with van der Waals surface area (Å²) >= 11 is 0. The van der Waals surface area contributed by atoms with Gasteiger partial charge in [0, 0.05) is 43.4 Å². The molecular weight excluding hydrogens is 349 g/mol. The number of halogens is 1. The summed E-state index contributed by atoms with van der Waals surface area (Å²) in [6, 6.07) is 4.83. The fourth-order valence-electron chi connectivity index (χ4n) is 3.39. The second kappa shape index (κ2) is 8.63. The van der Waals surface area contributed by atoms with Gasteiger partial charge in [-0.25, -0.2) is 9.18 Å². The van der Waals surface area contributed by atoms with Gasteiger partial charge in [-0.2, -0.15) is 0 Å². The quantitative estimate of drug-likeness (QED) is 0.797. The van der Waals surface area contributed by atoms with E-state index in [1.165, 1.54) is 6.07 Å². The van der Waals surface area contributed by atoms with Crippen LogP contribution in [0.2, 0.25) is 0 Å². The van der Waals surface area contributed by atoms with E-state index in [1.54, 1.807) is 24.9 Å². The zero-order valence-corrected chi connectivity index (χ0v) is 15.8. The van der Waals surface area contributed by atoms with Crippen molar-refractivity contribution in [3.8, 4) is 0 Å². The van der Waals surface area contributed by atoms with Gasteiger partial charge in [-0.3, -0.25) is 4.99 Å². The Morgan fingerprint density at radius 3 is 2.78 bits per heavy atom. The molecule has 0 unspecified atom stereocenters. The molecule has 0 saturated carbocycles. The lowest BCUT2D eigenvalue weighted by Gasteiger charge is -2.31. The number of hydrogen-bond acceptors (Lipinski definition) is 4. The van der Waals surface area contributed by atoms with Gasteiger partial charge >= 0.3 is 6.03 Å². The predicted molar refractivity (Wildman–Crippen MR) is 101 cm³/mol. The van der Waals surface area contributed by atoms with Gasteiger partial charge in [0.25, 0.3) is 0 Å². The Morgan fingerprint density at radius 2 is 2.11 bits per heavy atom. The van der Waals surface area contributed by atoms with E-state index in [0.29, 0.717) is 62.4 Å². The first-order valence-corrected chi connectivity index (χ1v) is 9.27. The third kappa shape index (κ3) is 4.54. The number of ether oxygens (including phenoxy) is 1. The molecule has 146 valence electrons. The molecule has 1 saturated heterocycles. The Bertz CT molecular complexity index is 768. The van der Waals surface area contributed by atoms with E-state index < -0.39 is 0 Å². The van der Waals surface area contributed by atoms with E-state index in [-0.39, 0.29) is 18.0 Å². The molecule has 0 bridgehead atoms. The molecule has 0 atom stereocenters. The Kier molecular flexibility index (Phi) is 6.23. The van der Waals surface area contributed by atoms with E-state index in [4.69, 9.17) is 4.74 Å². The molecule has 0 radical (unpaired) electrons. The normalized spacial score (nSPS) is 19.4. The average Bonchev–Trinajstić information content (AvgIpc) is 2.67. The van der Waals surface area contributed by atoms with Gasteiger partial charge in [-0.05, 0) is 31.4 Å². The van der Waals surface area contributed by atoms with Crippen LogP contribution in [0, 0.1) is 12.7 Å². The summed E-state index contributed by atoms with van der Waals surface area (Å²) in [5.74, 6) is -0.288. The number of carbonyl (C=O) groups excluding carboxylic acids is 1. The first-order chi connectivity index (χ1) is 13.0. The number of aryl methyl sites for hydroxylation is 1. The predicted octanol–water partition coefficient (Wildman–Crippen LogP) is 2.39. The van der Waals surface area contributed by atoms with Gasteiger partial charge in [0.1, 0.15) is 5.82 Å². The fourth-order valence-corrected chi connectivity index (χ4v) is 3.39. The summed E-state index contributed by atoms with van der Waals surface area (Å²) in [4.78, 5) is 18.7. The second-order valence-corrected chi connectivity index (χ2v) is 6.94. The topological polar surface area (TPSA) is 74.2 Å². The summed E-state index contributed by atoms with van der Waals surface area (Å²) in [6.45, 7) is 3.60. The highest BCUT2D eigenvalue weighted by Crippen LogP contribution is 2.21. The van der Waals surface area contributed by atoms with E-state index >= 15 is 0 Å². The molecule has 2 amide bonds. The maximum absolute atomic E-state index is 14.0. The van der Waals surface area contributed by atoms with Crippen molar-refractivity contribution in [3.63, 3.8) is 0 Å². The molecule has 2 aliphatic heterocycles.